The molecule has 0 aromatic heterocycles. The van der Waals surface area contributed by atoms with Gasteiger partial charge in [-0.15, -0.1) is 0 Å². The molecule has 2 N–H and O–H groups in total. The highest BCUT2D eigenvalue weighted by Crippen LogP contribution is 2.34. The quantitative estimate of drug-likeness (QED) is 0.619. The van der Waals surface area contributed by atoms with Crippen LogP contribution in [0.5, 0.6) is 0 Å². The van der Waals surface area contributed by atoms with Crippen molar-refractivity contribution in [2.24, 2.45) is 5.10 Å². The smallest absolute Gasteiger partial charge is 0.428 e. The van der Waals surface area contributed by atoms with E-state index in [9.17, 15) is 19.8 Å². The van der Waals surface area contributed by atoms with E-state index in [0.29, 0.717) is 21.7 Å². The largest absolute Gasteiger partial charge is 0.467 e. The summed E-state index contributed by atoms with van der Waals surface area (Å²) in [4.78, 5) is 24.0. The molecule has 0 saturated heterocycles. The SMILES string of the molecule is COC(=O)C1(O)Cc2cc(Cl)ccc2C1=NN(Cc1ccccc1)C(=O)O. The summed E-state index contributed by atoms with van der Waals surface area (Å²) in [5, 5.41) is 25.8. The second-order valence-corrected chi connectivity index (χ2v) is 6.54. The van der Waals surface area contributed by atoms with Gasteiger partial charge in [-0.25, -0.2) is 9.59 Å². The molecule has 0 fully saturated rings. The lowest BCUT2D eigenvalue weighted by molar-refractivity contribution is -0.154. The van der Waals surface area contributed by atoms with Crippen molar-refractivity contribution in [3.8, 4) is 0 Å². The molecule has 1 amide bonds. The van der Waals surface area contributed by atoms with Crippen LogP contribution in [-0.4, -0.2) is 45.7 Å². The van der Waals surface area contributed by atoms with Crippen LogP contribution in [0.2, 0.25) is 5.02 Å². The second-order valence-electron chi connectivity index (χ2n) is 6.10. The Balaban J connectivity index is 2.08. The van der Waals surface area contributed by atoms with E-state index in [2.05, 4.69) is 5.10 Å². The minimum absolute atomic E-state index is 0.0418. The predicted octanol–water partition coefficient (Wildman–Crippen LogP) is 2.68. The molecule has 0 heterocycles. The van der Waals surface area contributed by atoms with E-state index >= 15 is 0 Å². The van der Waals surface area contributed by atoms with Gasteiger partial charge in [0.2, 0.25) is 5.60 Å². The number of benzene rings is 2. The highest BCUT2D eigenvalue weighted by atomic mass is 35.5. The van der Waals surface area contributed by atoms with E-state index in [-0.39, 0.29) is 18.7 Å². The topological polar surface area (TPSA) is 99.4 Å². The van der Waals surface area contributed by atoms with E-state index < -0.39 is 17.7 Å². The number of hydrazone groups is 1. The van der Waals surface area contributed by atoms with Crippen LogP contribution in [0.1, 0.15) is 16.7 Å². The zero-order valence-electron chi connectivity index (χ0n) is 14.4. The zero-order valence-corrected chi connectivity index (χ0v) is 15.2. The molecule has 0 aliphatic heterocycles. The summed E-state index contributed by atoms with van der Waals surface area (Å²) < 4.78 is 4.72. The Morgan fingerprint density at radius 1 is 1.26 bits per heavy atom. The molecule has 1 unspecified atom stereocenters. The van der Waals surface area contributed by atoms with Gasteiger partial charge in [-0.1, -0.05) is 48.0 Å². The highest BCUT2D eigenvalue weighted by molar-refractivity contribution is 6.31. The van der Waals surface area contributed by atoms with E-state index in [4.69, 9.17) is 16.3 Å². The molecule has 8 heteroatoms. The number of carboxylic acid groups (broad SMARTS) is 1. The first-order chi connectivity index (χ1) is 12.8. The van der Waals surface area contributed by atoms with E-state index in [1.165, 1.54) is 0 Å². The number of fused-ring (bicyclic) bond motifs is 1. The minimum atomic E-state index is -2.09. The fourth-order valence-corrected chi connectivity index (χ4v) is 3.21. The van der Waals surface area contributed by atoms with Crippen LogP contribution in [0.3, 0.4) is 0 Å². The van der Waals surface area contributed by atoms with Crippen LogP contribution in [-0.2, 0) is 22.5 Å². The Morgan fingerprint density at radius 3 is 2.59 bits per heavy atom. The van der Waals surface area contributed by atoms with Crippen LogP contribution in [0.4, 0.5) is 4.79 Å². The van der Waals surface area contributed by atoms with Crippen molar-refractivity contribution in [3.05, 3.63) is 70.2 Å². The molecule has 1 atom stereocenters. The lowest BCUT2D eigenvalue weighted by atomic mass is 9.99. The van der Waals surface area contributed by atoms with Crippen LogP contribution in [0, 0.1) is 0 Å². The fraction of sp³-hybridized carbons (Fsp3) is 0.211. The van der Waals surface area contributed by atoms with Crippen molar-refractivity contribution in [1.82, 2.24) is 5.01 Å². The van der Waals surface area contributed by atoms with Crippen molar-refractivity contribution in [1.29, 1.82) is 0 Å². The monoisotopic (exact) mass is 388 g/mol. The normalized spacial score (nSPS) is 19.6. The average Bonchev–Trinajstić information content (AvgIpc) is 2.93. The molecule has 1 aliphatic carbocycles. The predicted molar refractivity (Wildman–Crippen MR) is 98.7 cm³/mol. The first kappa shape index (κ1) is 18.9. The number of nitrogens with zero attached hydrogens (tertiary/aromatic N) is 2. The molecule has 2 aromatic carbocycles. The Kier molecular flexibility index (Phi) is 5.16. The van der Waals surface area contributed by atoms with Gasteiger partial charge in [-0.2, -0.15) is 10.1 Å². The van der Waals surface area contributed by atoms with Crippen LogP contribution >= 0.6 is 11.6 Å². The standard InChI is InChI=1S/C19H17ClN2O5/c1-27-17(23)19(26)10-13-9-14(20)7-8-15(13)16(19)21-22(18(24)25)11-12-5-3-2-4-6-12/h2-9,26H,10-11H2,1H3,(H,24,25). The molecule has 0 saturated carbocycles. The molecule has 0 spiro atoms. The lowest BCUT2D eigenvalue weighted by Gasteiger charge is -2.22. The summed E-state index contributed by atoms with van der Waals surface area (Å²) in [6.07, 6.45) is -1.42. The number of aliphatic hydroxyl groups is 1. The van der Waals surface area contributed by atoms with Gasteiger partial charge < -0.3 is 14.9 Å². The summed E-state index contributed by atoms with van der Waals surface area (Å²) in [5.74, 6) is -0.918. The van der Waals surface area contributed by atoms with Gasteiger partial charge in [-0.3, -0.25) is 0 Å². The van der Waals surface area contributed by atoms with E-state index in [1.807, 2.05) is 6.07 Å². The summed E-state index contributed by atoms with van der Waals surface area (Å²) in [6, 6.07) is 13.7. The first-order valence-corrected chi connectivity index (χ1v) is 8.46. The van der Waals surface area contributed by atoms with Gasteiger partial charge >= 0.3 is 12.1 Å². The molecule has 27 heavy (non-hydrogen) atoms. The van der Waals surface area contributed by atoms with Gasteiger partial charge in [0.05, 0.1) is 13.7 Å². The first-order valence-electron chi connectivity index (χ1n) is 8.08. The molecule has 7 nitrogen and oxygen atoms in total. The minimum Gasteiger partial charge on any atom is -0.467 e. The second kappa shape index (κ2) is 7.38. The Hall–Kier alpha value is -2.90. The van der Waals surface area contributed by atoms with Gasteiger partial charge in [-0.05, 0) is 23.3 Å². The molecule has 140 valence electrons. The number of rotatable bonds is 4. The van der Waals surface area contributed by atoms with Crippen LogP contribution in [0.25, 0.3) is 0 Å². The fourth-order valence-electron chi connectivity index (χ4n) is 3.02. The number of carbonyl (C=O) groups is 2. The summed E-state index contributed by atoms with van der Waals surface area (Å²) >= 11 is 6.00. The third-order valence-corrected chi connectivity index (χ3v) is 4.54. The van der Waals surface area contributed by atoms with E-state index in [1.54, 1.807) is 42.5 Å². The van der Waals surface area contributed by atoms with Gasteiger partial charge in [0.1, 0.15) is 5.71 Å². The third kappa shape index (κ3) is 3.65. The van der Waals surface area contributed by atoms with Crippen molar-refractivity contribution < 1.29 is 24.5 Å². The average molecular weight is 389 g/mol. The molecule has 1 aliphatic rings. The van der Waals surface area contributed by atoms with Crippen molar-refractivity contribution in [2.45, 2.75) is 18.6 Å². The van der Waals surface area contributed by atoms with Crippen molar-refractivity contribution >= 4 is 29.4 Å². The maximum atomic E-state index is 12.3. The summed E-state index contributed by atoms with van der Waals surface area (Å²) in [7, 11) is 1.15. The summed E-state index contributed by atoms with van der Waals surface area (Å²) in [6.45, 7) is -0.0418. The third-order valence-electron chi connectivity index (χ3n) is 4.30. The lowest BCUT2D eigenvalue weighted by Crippen LogP contribution is -2.47. The summed E-state index contributed by atoms with van der Waals surface area (Å²) in [5.41, 5.74) is -0.433. The Bertz CT molecular complexity index is 916. The number of ether oxygens (including phenoxy) is 1. The van der Waals surface area contributed by atoms with Gasteiger partial charge in [0.25, 0.3) is 0 Å². The number of methoxy groups -OCH3 is 1. The van der Waals surface area contributed by atoms with E-state index in [0.717, 1.165) is 12.1 Å². The number of amides is 1. The van der Waals surface area contributed by atoms with Gasteiger partial charge in [0, 0.05) is 17.0 Å². The number of hydrogen-bond donors (Lipinski definition) is 2. The maximum absolute atomic E-state index is 12.3. The maximum Gasteiger partial charge on any atom is 0.428 e. The molecule has 3 rings (SSSR count). The number of hydrogen-bond acceptors (Lipinski definition) is 5. The molecular formula is C19H17ClN2O5. The molecule has 0 radical (unpaired) electrons. The number of halogens is 1. The van der Waals surface area contributed by atoms with Crippen LogP contribution < -0.4 is 0 Å². The highest BCUT2D eigenvalue weighted by Gasteiger charge is 2.50. The number of carbonyl (C=O) groups excluding carboxylic acids is 1. The molecule has 0 bridgehead atoms. The Labute approximate surface area is 160 Å². The molecular weight excluding hydrogens is 372 g/mol. The zero-order chi connectivity index (χ0) is 19.6. The molecule has 2 aromatic rings. The number of esters is 1. The van der Waals surface area contributed by atoms with Gasteiger partial charge in [0.15, 0.2) is 0 Å². The van der Waals surface area contributed by atoms with Crippen molar-refractivity contribution in [2.75, 3.05) is 7.11 Å². The van der Waals surface area contributed by atoms with Crippen molar-refractivity contribution in [3.63, 3.8) is 0 Å². The van der Waals surface area contributed by atoms with Crippen LogP contribution in [0.15, 0.2) is 53.6 Å². The Morgan fingerprint density at radius 2 is 1.96 bits per heavy atom.